The maximum atomic E-state index is 9.98. The highest BCUT2D eigenvalue weighted by atomic mass is 16.5. The molecule has 0 saturated carbocycles. The number of aryl methyl sites for hydroxylation is 1. The van der Waals surface area contributed by atoms with Crippen molar-refractivity contribution in [2.24, 2.45) is 7.05 Å². The van der Waals surface area contributed by atoms with Gasteiger partial charge in [0.1, 0.15) is 5.60 Å². The standard InChI is InChI=1S/C8H12N2O2/c1-10-4-2-7(9-10)8(11)3-5-12-6-8/h2,4,11H,3,5-6H2,1H3. The van der Waals surface area contributed by atoms with Gasteiger partial charge in [0.25, 0.3) is 0 Å². The molecule has 66 valence electrons. The molecule has 4 heteroatoms. The second kappa shape index (κ2) is 2.57. The first kappa shape index (κ1) is 7.76. The summed E-state index contributed by atoms with van der Waals surface area (Å²) in [6.07, 6.45) is 2.47. The number of hydrogen-bond donors (Lipinski definition) is 1. The molecule has 1 aliphatic rings. The molecule has 0 spiro atoms. The molecular formula is C8H12N2O2. The van der Waals surface area contributed by atoms with Crippen LogP contribution >= 0.6 is 0 Å². The van der Waals surface area contributed by atoms with Crippen LogP contribution in [0.1, 0.15) is 12.1 Å². The predicted molar refractivity (Wildman–Crippen MR) is 42.5 cm³/mol. The van der Waals surface area contributed by atoms with Crippen molar-refractivity contribution in [3.63, 3.8) is 0 Å². The van der Waals surface area contributed by atoms with Gasteiger partial charge in [0.05, 0.1) is 12.3 Å². The van der Waals surface area contributed by atoms with Crippen molar-refractivity contribution >= 4 is 0 Å². The number of aliphatic hydroxyl groups is 1. The number of nitrogens with zero attached hydrogens (tertiary/aromatic N) is 2. The van der Waals surface area contributed by atoms with Crippen LogP contribution in [0, 0.1) is 0 Å². The van der Waals surface area contributed by atoms with Crippen LogP contribution in [0.15, 0.2) is 12.3 Å². The van der Waals surface area contributed by atoms with Gasteiger partial charge in [-0.05, 0) is 6.07 Å². The minimum atomic E-state index is -0.846. The average molecular weight is 168 g/mol. The third kappa shape index (κ3) is 1.13. The van der Waals surface area contributed by atoms with Crippen LogP contribution in [0.4, 0.5) is 0 Å². The molecule has 1 fully saturated rings. The summed E-state index contributed by atoms with van der Waals surface area (Å²) in [5, 5.41) is 14.1. The highest BCUT2D eigenvalue weighted by molar-refractivity contribution is 5.11. The zero-order chi connectivity index (χ0) is 8.60. The Morgan fingerprint density at radius 1 is 1.75 bits per heavy atom. The van der Waals surface area contributed by atoms with Gasteiger partial charge in [0.15, 0.2) is 0 Å². The van der Waals surface area contributed by atoms with Crippen LogP contribution in [-0.4, -0.2) is 28.1 Å². The Labute approximate surface area is 70.8 Å². The fraction of sp³-hybridized carbons (Fsp3) is 0.625. The molecule has 2 rings (SSSR count). The highest BCUT2D eigenvalue weighted by Crippen LogP contribution is 2.28. The summed E-state index contributed by atoms with van der Waals surface area (Å²) in [6.45, 7) is 0.983. The normalized spacial score (nSPS) is 29.5. The smallest absolute Gasteiger partial charge is 0.134 e. The maximum Gasteiger partial charge on any atom is 0.134 e. The summed E-state index contributed by atoms with van der Waals surface area (Å²) in [5.41, 5.74) is -0.135. The quantitative estimate of drug-likeness (QED) is 0.643. The van der Waals surface area contributed by atoms with Crippen LogP contribution in [0.25, 0.3) is 0 Å². The van der Waals surface area contributed by atoms with Crippen LogP contribution in [0.5, 0.6) is 0 Å². The van der Waals surface area contributed by atoms with Crippen LogP contribution in [0.2, 0.25) is 0 Å². The summed E-state index contributed by atoms with van der Waals surface area (Å²) in [5.74, 6) is 0. The van der Waals surface area contributed by atoms with Crippen molar-refractivity contribution in [2.45, 2.75) is 12.0 Å². The van der Waals surface area contributed by atoms with E-state index in [-0.39, 0.29) is 0 Å². The fourth-order valence-electron chi connectivity index (χ4n) is 1.42. The van der Waals surface area contributed by atoms with Gasteiger partial charge < -0.3 is 9.84 Å². The minimum Gasteiger partial charge on any atom is -0.381 e. The lowest BCUT2D eigenvalue weighted by molar-refractivity contribution is 0.0190. The van der Waals surface area contributed by atoms with Crippen molar-refractivity contribution in [3.05, 3.63) is 18.0 Å². The molecule has 0 radical (unpaired) electrons. The summed E-state index contributed by atoms with van der Waals surface area (Å²) in [4.78, 5) is 0. The van der Waals surface area contributed by atoms with E-state index < -0.39 is 5.60 Å². The van der Waals surface area contributed by atoms with Gasteiger partial charge in [0.2, 0.25) is 0 Å². The molecular weight excluding hydrogens is 156 g/mol. The lowest BCUT2D eigenvalue weighted by Gasteiger charge is -2.16. The summed E-state index contributed by atoms with van der Waals surface area (Å²) >= 11 is 0. The number of ether oxygens (including phenoxy) is 1. The van der Waals surface area contributed by atoms with E-state index in [1.807, 2.05) is 19.3 Å². The van der Waals surface area contributed by atoms with Crippen molar-refractivity contribution < 1.29 is 9.84 Å². The molecule has 4 nitrogen and oxygen atoms in total. The lowest BCUT2D eigenvalue weighted by Crippen LogP contribution is -2.26. The molecule has 2 heterocycles. The largest absolute Gasteiger partial charge is 0.381 e. The van der Waals surface area contributed by atoms with Gasteiger partial charge in [-0.3, -0.25) is 4.68 Å². The van der Waals surface area contributed by atoms with Gasteiger partial charge in [-0.1, -0.05) is 0 Å². The van der Waals surface area contributed by atoms with E-state index >= 15 is 0 Å². The monoisotopic (exact) mass is 168 g/mol. The van der Waals surface area contributed by atoms with Gasteiger partial charge in [-0.25, -0.2) is 0 Å². The summed E-state index contributed by atoms with van der Waals surface area (Å²) < 4.78 is 6.81. The van der Waals surface area contributed by atoms with E-state index in [0.29, 0.717) is 25.3 Å². The Hall–Kier alpha value is -0.870. The fourth-order valence-corrected chi connectivity index (χ4v) is 1.42. The van der Waals surface area contributed by atoms with Crippen LogP contribution in [0.3, 0.4) is 0 Å². The molecule has 1 aliphatic heterocycles. The lowest BCUT2D eigenvalue weighted by atomic mass is 10.00. The van der Waals surface area contributed by atoms with Crippen molar-refractivity contribution in [1.29, 1.82) is 0 Å². The van der Waals surface area contributed by atoms with Gasteiger partial charge >= 0.3 is 0 Å². The van der Waals surface area contributed by atoms with Gasteiger partial charge in [0, 0.05) is 26.3 Å². The molecule has 0 aliphatic carbocycles. The molecule has 0 amide bonds. The Balaban J connectivity index is 2.28. The third-order valence-corrected chi connectivity index (χ3v) is 2.19. The molecule has 1 aromatic heterocycles. The number of rotatable bonds is 1. The summed E-state index contributed by atoms with van der Waals surface area (Å²) in [6, 6.07) is 1.83. The first-order valence-corrected chi connectivity index (χ1v) is 4.01. The molecule has 0 bridgehead atoms. The average Bonchev–Trinajstić information content (AvgIpc) is 2.59. The summed E-state index contributed by atoms with van der Waals surface area (Å²) in [7, 11) is 1.84. The first-order valence-electron chi connectivity index (χ1n) is 4.01. The molecule has 12 heavy (non-hydrogen) atoms. The van der Waals surface area contributed by atoms with Gasteiger partial charge in [-0.2, -0.15) is 5.10 Å². The van der Waals surface area contributed by atoms with E-state index in [0.717, 1.165) is 0 Å². The molecule has 1 saturated heterocycles. The Morgan fingerprint density at radius 3 is 3.08 bits per heavy atom. The Morgan fingerprint density at radius 2 is 2.58 bits per heavy atom. The Kier molecular flexibility index (Phi) is 1.66. The maximum absolute atomic E-state index is 9.98. The molecule has 1 atom stereocenters. The first-order chi connectivity index (χ1) is 5.71. The van der Waals surface area contributed by atoms with E-state index in [2.05, 4.69) is 5.10 Å². The second-order valence-electron chi connectivity index (χ2n) is 3.21. The minimum absolute atomic E-state index is 0.365. The van der Waals surface area contributed by atoms with E-state index in [4.69, 9.17) is 4.74 Å². The van der Waals surface area contributed by atoms with Crippen molar-refractivity contribution in [2.75, 3.05) is 13.2 Å². The topological polar surface area (TPSA) is 47.3 Å². The SMILES string of the molecule is Cn1ccc(C2(O)CCOC2)n1. The molecule has 0 aromatic carbocycles. The van der Waals surface area contributed by atoms with Crippen molar-refractivity contribution in [1.82, 2.24) is 9.78 Å². The van der Waals surface area contributed by atoms with E-state index in [1.54, 1.807) is 4.68 Å². The zero-order valence-electron chi connectivity index (χ0n) is 7.03. The van der Waals surface area contributed by atoms with Crippen LogP contribution in [-0.2, 0) is 17.4 Å². The third-order valence-electron chi connectivity index (χ3n) is 2.19. The van der Waals surface area contributed by atoms with Gasteiger partial charge in [-0.15, -0.1) is 0 Å². The molecule has 1 aromatic rings. The predicted octanol–water partition coefficient (Wildman–Crippen LogP) is 0.0280. The van der Waals surface area contributed by atoms with E-state index in [1.165, 1.54) is 0 Å². The Bertz CT molecular complexity index is 276. The molecule has 1 N–H and O–H groups in total. The van der Waals surface area contributed by atoms with E-state index in [9.17, 15) is 5.11 Å². The molecule has 1 unspecified atom stereocenters. The van der Waals surface area contributed by atoms with Crippen molar-refractivity contribution in [3.8, 4) is 0 Å². The number of aromatic nitrogens is 2. The van der Waals surface area contributed by atoms with Crippen LogP contribution < -0.4 is 0 Å². The zero-order valence-corrected chi connectivity index (χ0v) is 7.03. The second-order valence-corrected chi connectivity index (χ2v) is 3.21. The highest BCUT2D eigenvalue weighted by Gasteiger charge is 2.36. The number of hydrogen-bond acceptors (Lipinski definition) is 3.